The Morgan fingerprint density at radius 3 is 2.88 bits per heavy atom. The summed E-state index contributed by atoms with van der Waals surface area (Å²) < 4.78 is 0. The third-order valence-corrected chi connectivity index (χ3v) is 3.60. The molecular weight excluding hydrogens is 210 g/mol. The van der Waals surface area contributed by atoms with Gasteiger partial charge in [-0.3, -0.25) is 5.10 Å². The molecule has 1 atom stereocenters. The summed E-state index contributed by atoms with van der Waals surface area (Å²) in [4.78, 5) is 4.56. The quantitative estimate of drug-likeness (QED) is 0.857. The number of nitrogens with zero attached hydrogens (tertiary/aromatic N) is 2. The molecule has 2 aromatic rings. The molecule has 3 heteroatoms. The molecule has 0 aliphatic heterocycles. The molecule has 88 valence electrons. The van der Waals surface area contributed by atoms with Gasteiger partial charge < -0.3 is 0 Å². The number of H-pyrrole nitrogens is 1. The molecule has 1 unspecified atom stereocenters. The van der Waals surface area contributed by atoms with Gasteiger partial charge in [0.25, 0.3) is 0 Å². The highest BCUT2D eigenvalue weighted by Crippen LogP contribution is 2.30. The van der Waals surface area contributed by atoms with Crippen molar-refractivity contribution in [3.8, 4) is 0 Å². The molecule has 0 radical (unpaired) electrons. The summed E-state index contributed by atoms with van der Waals surface area (Å²) in [6.07, 6.45) is 4.32. The maximum atomic E-state index is 4.56. The summed E-state index contributed by atoms with van der Waals surface area (Å²) in [5.41, 5.74) is 2.96. The highest BCUT2D eigenvalue weighted by atomic mass is 15.2. The van der Waals surface area contributed by atoms with Crippen molar-refractivity contribution in [2.24, 2.45) is 0 Å². The lowest BCUT2D eigenvalue weighted by Gasteiger charge is -2.22. The molecule has 1 heterocycles. The molecule has 0 saturated carbocycles. The van der Waals surface area contributed by atoms with Gasteiger partial charge in [0.2, 0.25) is 0 Å². The van der Waals surface area contributed by atoms with Gasteiger partial charge in [-0.2, -0.15) is 5.10 Å². The molecule has 0 fully saturated rings. The molecule has 1 aliphatic carbocycles. The molecule has 3 nitrogen and oxygen atoms in total. The largest absolute Gasteiger partial charge is 0.263 e. The minimum absolute atomic E-state index is 0.487. The van der Waals surface area contributed by atoms with Crippen LogP contribution in [0.3, 0.4) is 0 Å². The summed E-state index contributed by atoms with van der Waals surface area (Å²) >= 11 is 0. The summed E-state index contributed by atoms with van der Waals surface area (Å²) in [5, 5.41) is 7.36. The minimum atomic E-state index is 0.487. The second-order valence-corrected chi connectivity index (χ2v) is 4.70. The van der Waals surface area contributed by atoms with Crippen LogP contribution in [-0.2, 0) is 19.3 Å². The molecule has 0 spiro atoms. The molecule has 1 aromatic heterocycles. The van der Waals surface area contributed by atoms with Gasteiger partial charge in [-0.1, -0.05) is 31.2 Å². The van der Waals surface area contributed by atoms with Crippen molar-refractivity contribution < 1.29 is 0 Å². The predicted octanol–water partition coefficient (Wildman–Crippen LogP) is 2.64. The Hall–Kier alpha value is -1.64. The average Bonchev–Trinajstić information content (AvgIpc) is 2.87. The number of rotatable bonds is 2. The van der Waals surface area contributed by atoms with E-state index >= 15 is 0 Å². The maximum Gasteiger partial charge on any atom is 0.154 e. The Morgan fingerprint density at radius 1 is 1.29 bits per heavy atom. The van der Waals surface area contributed by atoms with Crippen LogP contribution in [0.25, 0.3) is 0 Å². The van der Waals surface area contributed by atoms with Crippen molar-refractivity contribution in [2.75, 3.05) is 0 Å². The van der Waals surface area contributed by atoms with Crippen molar-refractivity contribution in [3.63, 3.8) is 0 Å². The molecule has 1 aliphatic rings. The average molecular weight is 227 g/mol. The van der Waals surface area contributed by atoms with Gasteiger partial charge in [-0.05, 0) is 30.4 Å². The molecule has 0 bridgehead atoms. The number of fused-ring (bicyclic) bond motifs is 1. The van der Waals surface area contributed by atoms with Crippen LogP contribution in [-0.4, -0.2) is 15.2 Å². The van der Waals surface area contributed by atoms with Crippen LogP contribution in [0.5, 0.6) is 0 Å². The number of benzene rings is 1. The lowest BCUT2D eigenvalue weighted by atomic mass is 9.83. The van der Waals surface area contributed by atoms with Gasteiger partial charge in [0.05, 0.1) is 0 Å². The van der Waals surface area contributed by atoms with Crippen LogP contribution in [0.15, 0.2) is 24.3 Å². The van der Waals surface area contributed by atoms with E-state index in [1.165, 1.54) is 11.1 Å². The summed E-state index contributed by atoms with van der Waals surface area (Å²) in [7, 11) is 0. The monoisotopic (exact) mass is 227 g/mol. The van der Waals surface area contributed by atoms with Crippen molar-refractivity contribution in [1.82, 2.24) is 15.2 Å². The van der Waals surface area contributed by atoms with E-state index in [1.807, 2.05) is 0 Å². The van der Waals surface area contributed by atoms with Crippen LogP contribution in [0.4, 0.5) is 0 Å². The number of aromatic nitrogens is 3. The van der Waals surface area contributed by atoms with Crippen molar-refractivity contribution in [3.05, 3.63) is 47.0 Å². The van der Waals surface area contributed by atoms with E-state index in [0.717, 1.165) is 37.3 Å². The molecule has 1 aromatic carbocycles. The molecule has 1 N–H and O–H groups in total. The predicted molar refractivity (Wildman–Crippen MR) is 67.0 cm³/mol. The fraction of sp³-hybridized carbons (Fsp3) is 0.429. The number of nitrogens with one attached hydrogen (secondary N) is 1. The second kappa shape index (κ2) is 4.32. The first-order valence-electron chi connectivity index (χ1n) is 6.34. The van der Waals surface area contributed by atoms with E-state index in [0.29, 0.717) is 5.92 Å². The fourth-order valence-electron chi connectivity index (χ4n) is 2.57. The molecular formula is C14H17N3. The first kappa shape index (κ1) is 10.5. The lowest BCUT2D eigenvalue weighted by Crippen LogP contribution is -2.13. The standard InChI is InChI=1S/C14H17N3/c1-2-13-15-14(17-16-13)12-8-7-10-5-3-4-6-11(10)9-12/h3-6,12H,2,7-9H2,1H3,(H,15,16,17). The van der Waals surface area contributed by atoms with E-state index in [-0.39, 0.29) is 0 Å². The third-order valence-electron chi connectivity index (χ3n) is 3.60. The normalized spacial score (nSPS) is 19.0. The second-order valence-electron chi connectivity index (χ2n) is 4.70. The van der Waals surface area contributed by atoms with E-state index in [4.69, 9.17) is 0 Å². The van der Waals surface area contributed by atoms with E-state index < -0.39 is 0 Å². The number of hydrogen-bond donors (Lipinski definition) is 1. The lowest BCUT2D eigenvalue weighted by molar-refractivity contribution is 0.557. The summed E-state index contributed by atoms with van der Waals surface area (Å²) in [6.45, 7) is 2.10. The first-order chi connectivity index (χ1) is 8.36. The Balaban J connectivity index is 1.84. The summed E-state index contributed by atoms with van der Waals surface area (Å²) in [5.74, 6) is 2.48. The Kier molecular flexibility index (Phi) is 2.67. The van der Waals surface area contributed by atoms with Crippen molar-refractivity contribution in [2.45, 2.75) is 38.5 Å². The topological polar surface area (TPSA) is 41.6 Å². The number of aryl methyl sites for hydroxylation is 2. The van der Waals surface area contributed by atoms with Crippen LogP contribution < -0.4 is 0 Å². The van der Waals surface area contributed by atoms with Crippen LogP contribution in [0.1, 0.15) is 42.0 Å². The van der Waals surface area contributed by atoms with Gasteiger partial charge >= 0.3 is 0 Å². The zero-order chi connectivity index (χ0) is 11.7. The number of aromatic amines is 1. The van der Waals surface area contributed by atoms with Gasteiger partial charge in [0.1, 0.15) is 5.82 Å². The highest BCUT2D eigenvalue weighted by molar-refractivity contribution is 5.31. The van der Waals surface area contributed by atoms with Crippen LogP contribution in [0.2, 0.25) is 0 Å². The summed E-state index contributed by atoms with van der Waals surface area (Å²) in [6, 6.07) is 8.72. The Bertz CT molecular complexity index is 516. The molecule has 17 heavy (non-hydrogen) atoms. The van der Waals surface area contributed by atoms with Gasteiger partial charge in [-0.15, -0.1) is 0 Å². The van der Waals surface area contributed by atoms with Crippen LogP contribution in [0, 0.1) is 0 Å². The smallest absolute Gasteiger partial charge is 0.154 e. The van der Waals surface area contributed by atoms with E-state index in [1.54, 1.807) is 0 Å². The zero-order valence-corrected chi connectivity index (χ0v) is 10.1. The first-order valence-corrected chi connectivity index (χ1v) is 6.34. The Labute approximate surface area is 101 Å². The van der Waals surface area contributed by atoms with Gasteiger partial charge in [0.15, 0.2) is 5.82 Å². The molecule has 3 rings (SSSR count). The van der Waals surface area contributed by atoms with Crippen molar-refractivity contribution in [1.29, 1.82) is 0 Å². The zero-order valence-electron chi connectivity index (χ0n) is 10.1. The third kappa shape index (κ3) is 1.97. The fourth-order valence-corrected chi connectivity index (χ4v) is 2.57. The highest BCUT2D eigenvalue weighted by Gasteiger charge is 2.22. The van der Waals surface area contributed by atoms with E-state index in [9.17, 15) is 0 Å². The van der Waals surface area contributed by atoms with Gasteiger partial charge in [0, 0.05) is 12.3 Å². The number of hydrogen-bond acceptors (Lipinski definition) is 2. The van der Waals surface area contributed by atoms with Gasteiger partial charge in [-0.25, -0.2) is 4.98 Å². The van der Waals surface area contributed by atoms with E-state index in [2.05, 4.69) is 46.4 Å². The minimum Gasteiger partial charge on any atom is -0.263 e. The maximum absolute atomic E-state index is 4.56. The molecule has 0 saturated heterocycles. The molecule has 0 amide bonds. The van der Waals surface area contributed by atoms with Crippen LogP contribution >= 0.6 is 0 Å². The Morgan fingerprint density at radius 2 is 2.12 bits per heavy atom. The van der Waals surface area contributed by atoms with Crippen molar-refractivity contribution >= 4 is 0 Å². The SMILES string of the molecule is CCc1nc(C2CCc3ccccc3C2)n[nH]1.